The molecule has 1 aliphatic rings. The van der Waals surface area contributed by atoms with Crippen molar-refractivity contribution in [3.8, 4) is 44.5 Å². The second-order valence-electron chi connectivity index (χ2n) is 13.9. The molecule has 0 atom stereocenters. The zero-order chi connectivity index (χ0) is 34.5. The SMILES string of the molecule is CC1(C)c2ccccc2-c2ccc(N(c3ccc(-c4ccccc4)cc3)c3ccccc3-c3cccc4cccc(-c5ccc(F)cc5)c34)cc21. The van der Waals surface area contributed by atoms with E-state index < -0.39 is 0 Å². The van der Waals surface area contributed by atoms with E-state index in [0.717, 1.165) is 50.1 Å². The molecule has 2 heteroatoms. The summed E-state index contributed by atoms with van der Waals surface area (Å²) >= 11 is 0. The maximum atomic E-state index is 14.0. The van der Waals surface area contributed by atoms with E-state index in [2.05, 4.69) is 176 Å². The van der Waals surface area contributed by atoms with Crippen molar-refractivity contribution in [2.75, 3.05) is 4.90 Å². The van der Waals surface area contributed by atoms with Crippen LogP contribution in [0.15, 0.2) is 182 Å². The van der Waals surface area contributed by atoms with Crippen LogP contribution in [-0.4, -0.2) is 0 Å². The molecule has 1 aliphatic carbocycles. The van der Waals surface area contributed by atoms with Gasteiger partial charge in [0.2, 0.25) is 0 Å². The van der Waals surface area contributed by atoms with Crippen molar-refractivity contribution in [2.24, 2.45) is 0 Å². The molecule has 0 radical (unpaired) electrons. The molecule has 8 aromatic carbocycles. The molecule has 9 rings (SSSR count). The lowest BCUT2D eigenvalue weighted by atomic mass is 9.82. The Labute approximate surface area is 298 Å². The van der Waals surface area contributed by atoms with Crippen molar-refractivity contribution in [1.29, 1.82) is 0 Å². The highest BCUT2D eigenvalue weighted by atomic mass is 19.1. The number of rotatable bonds is 6. The number of fused-ring (bicyclic) bond motifs is 4. The van der Waals surface area contributed by atoms with E-state index in [4.69, 9.17) is 0 Å². The van der Waals surface area contributed by atoms with E-state index in [0.29, 0.717) is 0 Å². The van der Waals surface area contributed by atoms with Crippen molar-refractivity contribution in [3.05, 3.63) is 199 Å². The van der Waals surface area contributed by atoms with Gasteiger partial charge in [0.15, 0.2) is 0 Å². The first-order valence-electron chi connectivity index (χ1n) is 17.5. The van der Waals surface area contributed by atoms with Crippen LogP contribution in [0.4, 0.5) is 21.5 Å². The summed E-state index contributed by atoms with van der Waals surface area (Å²) < 4.78 is 14.0. The van der Waals surface area contributed by atoms with Crippen LogP contribution in [0.2, 0.25) is 0 Å². The number of nitrogens with zero attached hydrogens (tertiary/aromatic N) is 1. The topological polar surface area (TPSA) is 3.24 Å². The molecule has 8 aromatic rings. The van der Waals surface area contributed by atoms with Gasteiger partial charge in [-0.1, -0.05) is 153 Å². The Hall–Kier alpha value is -6.25. The van der Waals surface area contributed by atoms with Gasteiger partial charge in [0.25, 0.3) is 0 Å². The maximum absolute atomic E-state index is 14.0. The second kappa shape index (κ2) is 12.3. The van der Waals surface area contributed by atoms with Gasteiger partial charge in [-0.3, -0.25) is 0 Å². The highest BCUT2D eigenvalue weighted by molar-refractivity contribution is 6.08. The van der Waals surface area contributed by atoms with E-state index in [1.807, 2.05) is 12.1 Å². The molecular formula is C49H36FN. The fourth-order valence-corrected chi connectivity index (χ4v) is 8.02. The molecule has 0 amide bonds. The zero-order valence-electron chi connectivity index (χ0n) is 28.6. The summed E-state index contributed by atoms with van der Waals surface area (Å²) in [5.41, 5.74) is 15.1. The third kappa shape index (κ3) is 5.23. The van der Waals surface area contributed by atoms with Gasteiger partial charge < -0.3 is 4.90 Å². The number of halogens is 1. The Morgan fingerprint density at radius 1 is 0.412 bits per heavy atom. The lowest BCUT2D eigenvalue weighted by Gasteiger charge is -2.30. The van der Waals surface area contributed by atoms with E-state index in [9.17, 15) is 4.39 Å². The molecule has 51 heavy (non-hydrogen) atoms. The third-order valence-electron chi connectivity index (χ3n) is 10.6. The van der Waals surface area contributed by atoms with Crippen molar-refractivity contribution < 1.29 is 4.39 Å². The standard InChI is InChI=1S/C49H36FN/c1-49(2)45-20-8-6-16-41(45)42-31-30-39(32-46(42)49)51(38-28-24-34(25-29-38)33-12-4-3-5-13-33)47-21-9-7-17-43(47)44-19-11-15-36-14-10-18-40(48(36)44)35-22-26-37(50)27-23-35/h3-32H,1-2H3. The molecule has 0 aliphatic heterocycles. The summed E-state index contributed by atoms with van der Waals surface area (Å²) in [7, 11) is 0. The highest BCUT2D eigenvalue weighted by Crippen LogP contribution is 2.51. The fraction of sp³-hybridized carbons (Fsp3) is 0.0612. The minimum absolute atomic E-state index is 0.135. The first-order chi connectivity index (χ1) is 25.0. The van der Waals surface area contributed by atoms with Gasteiger partial charge in [0.1, 0.15) is 5.82 Å². The lowest BCUT2D eigenvalue weighted by Crippen LogP contribution is -2.16. The van der Waals surface area contributed by atoms with Crippen LogP contribution in [0, 0.1) is 5.82 Å². The first-order valence-corrected chi connectivity index (χ1v) is 17.5. The molecule has 0 fully saturated rings. The Morgan fingerprint density at radius 2 is 0.980 bits per heavy atom. The number of hydrogen-bond acceptors (Lipinski definition) is 1. The fourth-order valence-electron chi connectivity index (χ4n) is 8.02. The minimum Gasteiger partial charge on any atom is -0.310 e. The maximum Gasteiger partial charge on any atom is 0.123 e. The van der Waals surface area contributed by atoms with Gasteiger partial charge in [-0.2, -0.15) is 0 Å². The molecule has 0 spiro atoms. The summed E-state index contributed by atoms with van der Waals surface area (Å²) in [6.07, 6.45) is 0. The Kier molecular flexibility index (Phi) is 7.40. The first kappa shape index (κ1) is 30.8. The molecule has 0 saturated carbocycles. The van der Waals surface area contributed by atoms with E-state index in [-0.39, 0.29) is 11.2 Å². The summed E-state index contributed by atoms with van der Waals surface area (Å²) in [6.45, 7) is 4.67. The molecule has 0 bridgehead atoms. The summed E-state index contributed by atoms with van der Waals surface area (Å²) in [6, 6.07) is 63.6. The summed E-state index contributed by atoms with van der Waals surface area (Å²) in [5.74, 6) is -0.237. The highest BCUT2D eigenvalue weighted by Gasteiger charge is 2.36. The molecule has 244 valence electrons. The largest absolute Gasteiger partial charge is 0.310 e. The van der Waals surface area contributed by atoms with Crippen LogP contribution >= 0.6 is 0 Å². The predicted octanol–water partition coefficient (Wildman–Crippen LogP) is 13.8. The monoisotopic (exact) mass is 657 g/mol. The Morgan fingerprint density at radius 3 is 1.75 bits per heavy atom. The number of para-hydroxylation sites is 1. The van der Waals surface area contributed by atoms with Gasteiger partial charge in [-0.15, -0.1) is 0 Å². The Bertz CT molecular complexity index is 2540. The summed E-state index contributed by atoms with van der Waals surface area (Å²) in [4.78, 5) is 2.41. The third-order valence-corrected chi connectivity index (χ3v) is 10.6. The average Bonchev–Trinajstić information content (AvgIpc) is 3.41. The minimum atomic E-state index is -0.237. The van der Waals surface area contributed by atoms with Crippen molar-refractivity contribution in [2.45, 2.75) is 19.3 Å². The zero-order valence-corrected chi connectivity index (χ0v) is 28.6. The predicted molar refractivity (Wildman–Crippen MR) is 212 cm³/mol. The van der Waals surface area contributed by atoms with Gasteiger partial charge >= 0.3 is 0 Å². The van der Waals surface area contributed by atoms with Crippen LogP contribution in [0.5, 0.6) is 0 Å². The molecule has 0 saturated heterocycles. The molecule has 0 N–H and O–H groups in total. The quantitative estimate of drug-likeness (QED) is 0.172. The summed E-state index contributed by atoms with van der Waals surface area (Å²) in [5, 5.41) is 2.28. The normalized spacial score (nSPS) is 12.8. The van der Waals surface area contributed by atoms with Crippen molar-refractivity contribution in [1.82, 2.24) is 0 Å². The van der Waals surface area contributed by atoms with Crippen LogP contribution in [0.3, 0.4) is 0 Å². The van der Waals surface area contributed by atoms with Crippen LogP contribution in [0.25, 0.3) is 55.3 Å². The molecule has 0 unspecified atom stereocenters. The van der Waals surface area contributed by atoms with Crippen molar-refractivity contribution in [3.63, 3.8) is 0 Å². The van der Waals surface area contributed by atoms with Crippen LogP contribution in [-0.2, 0) is 5.41 Å². The average molecular weight is 658 g/mol. The smallest absolute Gasteiger partial charge is 0.123 e. The number of anilines is 3. The van der Waals surface area contributed by atoms with Gasteiger partial charge in [0.05, 0.1) is 5.69 Å². The van der Waals surface area contributed by atoms with E-state index in [1.165, 1.54) is 33.4 Å². The van der Waals surface area contributed by atoms with Gasteiger partial charge in [-0.05, 0) is 103 Å². The van der Waals surface area contributed by atoms with E-state index >= 15 is 0 Å². The lowest BCUT2D eigenvalue weighted by molar-refractivity contribution is 0.628. The van der Waals surface area contributed by atoms with Gasteiger partial charge in [-0.25, -0.2) is 4.39 Å². The second-order valence-corrected chi connectivity index (χ2v) is 13.9. The van der Waals surface area contributed by atoms with E-state index in [1.54, 1.807) is 12.1 Å². The number of hydrogen-bond donors (Lipinski definition) is 0. The number of benzene rings is 8. The van der Waals surface area contributed by atoms with Crippen molar-refractivity contribution >= 4 is 27.8 Å². The van der Waals surface area contributed by atoms with Crippen LogP contribution < -0.4 is 4.90 Å². The van der Waals surface area contributed by atoms with Gasteiger partial charge in [0, 0.05) is 22.4 Å². The van der Waals surface area contributed by atoms with Crippen LogP contribution in [0.1, 0.15) is 25.0 Å². The Balaban J connectivity index is 1.27. The molecule has 0 heterocycles. The molecular weight excluding hydrogens is 622 g/mol. The molecule has 1 nitrogen and oxygen atoms in total. The molecule has 0 aromatic heterocycles.